The third kappa shape index (κ3) is 3.96. The highest BCUT2D eigenvalue weighted by Crippen LogP contribution is 2.31. The summed E-state index contributed by atoms with van der Waals surface area (Å²) in [6.07, 6.45) is 2.09. The molecule has 2 amide bonds. The lowest BCUT2D eigenvalue weighted by Crippen LogP contribution is -2.26. The molecule has 3 rings (SSSR count). The summed E-state index contributed by atoms with van der Waals surface area (Å²) in [5.41, 5.74) is 4.01. The van der Waals surface area contributed by atoms with Crippen molar-refractivity contribution in [1.29, 1.82) is 0 Å². The fourth-order valence-corrected chi connectivity index (χ4v) is 3.47. The molecule has 0 atom stereocenters. The number of hydrogen-bond acceptors (Lipinski definition) is 2. The van der Waals surface area contributed by atoms with E-state index in [-0.39, 0.29) is 17.2 Å². The van der Waals surface area contributed by atoms with Gasteiger partial charge in [-0.1, -0.05) is 50.2 Å². The Morgan fingerprint density at radius 2 is 1.85 bits per heavy atom. The van der Waals surface area contributed by atoms with Crippen molar-refractivity contribution in [3.05, 3.63) is 59.7 Å². The van der Waals surface area contributed by atoms with Gasteiger partial charge >= 0.3 is 0 Å². The molecular weight excluding hydrogens is 324 g/mol. The van der Waals surface area contributed by atoms with Gasteiger partial charge in [0.05, 0.1) is 0 Å². The average Bonchev–Trinajstić information content (AvgIpc) is 3.04. The maximum atomic E-state index is 12.4. The highest BCUT2D eigenvalue weighted by molar-refractivity contribution is 5.96. The molecule has 4 heteroatoms. The van der Waals surface area contributed by atoms with E-state index in [2.05, 4.69) is 31.3 Å². The summed E-state index contributed by atoms with van der Waals surface area (Å²) in [5.74, 6) is 0.0400. The molecule has 26 heavy (non-hydrogen) atoms. The van der Waals surface area contributed by atoms with Gasteiger partial charge in [0.2, 0.25) is 11.8 Å². The molecule has 0 aliphatic carbocycles. The molecule has 0 fully saturated rings. The predicted octanol–water partition coefficient (Wildman–Crippen LogP) is 4.29. The quantitative estimate of drug-likeness (QED) is 0.874. The lowest BCUT2D eigenvalue weighted by atomic mass is 9.80. The van der Waals surface area contributed by atoms with Crippen molar-refractivity contribution < 1.29 is 9.59 Å². The smallest absolute Gasteiger partial charge is 0.224 e. The van der Waals surface area contributed by atoms with Crippen LogP contribution in [0.25, 0.3) is 0 Å². The molecule has 0 spiro atoms. The number of carbonyl (C=O) groups excluding carboxylic acids is 2. The number of anilines is 2. The van der Waals surface area contributed by atoms with E-state index in [4.69, 9.17) is 0 Å². The molecule has 1 aliphatic rings. The van der Waals surface area contributed by atoms with E-state index in [0.717, 1.165) is 29.8 Å². The van der Waals surface area contributed by atoms with Crippen LogP contribution in [0.5, 0.6) is 0 Å². The molecular formula is C22H26N2O2. The highest BCUT2D eigenvalue weighted by Gasteiger charge is 2.23. The van der Waals surface area contributed by atoms with E-state index in [1.807, 2.05) is 36.4 Å². The van der Waals surface area contributed by atoms with Crippen LogP contribution in [0.15, 0.2) is 48.5 Å². The SMILES string of the molecule is CC(=O)N1CCc2ccc(NC(=O)CCC(C)(C)c3ccccc3)cc21. The maximum Gasteiger partial charge on any atom is 0.224 e. The van der Waals surface area contributed by atoms with Crippen molar-refractivity contribution >= 4 is 23.2 Å². The second-order valence-corrected chi connectivity index (χ2v) is 7.56. The Labute approximate surface area is 155 Å². The molecule has 4 nitrogen and oxygen atoms in total. The van der Waals surface area contributed by atoms with E-state index >= 15 is 0 Å². The second-order valence-electron chi connectivity index (χ2n) is 7.56. The molecule has 136 valence electrons. The Bertz CT molecular complexity index is 812. The number of fused-ring (bicyclic) bond motifs is 1. The molecule has 0 aromatic heterocycles. The number of carbonyl (C=O) groups is 2. The van der Waals surface area contributed by atoms with Crippen LogP contribution in [0, 0.1) is 0 Å². The summed E-state index contributed by atoms with van der Waals surface area (Å²) >= 11 is 0. The summed E-state index contributed by atoms with van der Waals surface area (Å²) in [6.45, 7) is 6.62. The summed E-state index contributed by atoms with van der Waals surface area (Å²) in [4.78, 5) is 25.9. The Kier molecular flexibility index (Phi) is 5.12. The van der Waals surface area contributed by atoms with Gasteiger partial charge in [0.25, 0.3) is 0 Å². The zero-order valence-electron chi connectivity index (χ0n) is 15.7. The number of benzene rings is 2. The van der Waals surface area contributed by atoms with Gasteiger partial charge in [-0.2, -0.15) is 0 Å². The van der Waals surface area contributed by atoms with E-state index < -0.39 is 0 Å². The van der Waals surface area contributed by atoms with Crippen molar-refractivity contribution in [2.24, 2.45) is 0 Å². The third-order valence-corrected chi connectivity index (χ3v) is 5.18. The standard InChI is InChI=1S/C22H26N2O2/c1-16(25)24-14-12-17-9-10-19(15-20(17)24)23-21(26)11-13-22(2,3)18-7-5-4-6-8-18/h4-10,15H,11-14H2,1-3H3,(H,23,26). The molecule has 2 aromatic rings. The summed E-state index contributed by atoms with van der Waals surface area (Å²) in [6, 6.07) is 16.1. The van der Waals surface area contributed by atoms with Gasteiger partial charge in [0.15, 0.2) is 0 Å². The van der Waals surface area contributed by atoms with Gasteiger partial charge in [-0.05, 0) is 41.5 Å². The van der Waals surface area contributed by atoms with Gasteiger partial charge in [-0.3, -0.25) is 9.59 Å². The van der Waals surface area contributed by atoms with Crippen LogP contribution >= 0.6 is 0 Å². The lowest BCUT2D eigenvalue weighted by molar-refractivity contribution is -0.117. The Balaban J connectivity index is 1.62. The molecule has 1 aliphatic heterocycles. The van der Waals surface area contributed by atoms with E-state index in [9.17, 15) is 9.59 Å². The number of nitrogens with one attached hydrogen (secondary N) is 1. The molecule has 0 saturated carbocycles. The van der Waals surface area contributed by atoms with Gasteiger partial charge in [-0.15, -0.1) is 0 Å². The van der Waals surface area contributed by atoms with E-state index in [1.165, 1.54) is 5.56 Å². The summed E-state index contributed by atoms with van der Waals surface area (Å²) in [7, 11) is 0. The Morgan fingerprint density at radius 3 is 2.54 bits per heavy atom. The van der Waals surface area contributed by atoms with Crippen molar-refractivity contribution in [1.82, 2.24) is 0 Å². The van der Waals surface area contributed by atoms with Crippen molar-refractivity contribution in [2.75, 3.05) is 16.8 Å². The lowest BCUT2D eigenvalue weighted by Gasteiger charge is -2.25. The van der Waals surface area contributed by atoms with Crippen LogP contribution in [0.1, 0.15) is 44.7 Å². The number of hydrogen-bond donors (Lipinski definition) is 1. The van der Waals surface area contributed by atoms with Crippen molar-refractivity contribution in [2.45, 2.75) is 45.4 Å². The molecule has 0 bridgehead atoms. The second kappa shape index (κ2) is 7.32. The molecule has 1 N–H and O–H groups in total. The minimum atomic E-state index is -0.0536. The monoisotopic (exact) mass is 350 g/mol. The topological polar surface area (TPSA) is 49.4 Å². The minimum Gasteiger partial charge on any atom is -0.326 e. The van der Waals surface area contributed by atoms with Crippen LogP contribution in [0.2, 0.25) is 0 Å². The van der Waals surface area contributed by atoms with Crippen LogP contribution in [0.4, 0.5) is 11.4 Å². The largest absolute Gasteiger partial charge is 0.326 e. The molecule has 2 aromatic carbocycles. The first-order chi connectivity index (χ1) is 12.4. The van der Waals surface area contributed by atoms with Gasteiger partial charge in [0, 0.05) is 31.3 Å². The number of amides is 2. The summed E-state index contributed by atoms with van der Waals surface area (Å²) < 4.78 is 0. The number of nitrogens with zero attached hydrogens (tertiary/aromatic N) is 1. The first-order valence-electron chi connectivity index (χ1n) is 9.13. The molecule has 0 radical (unpaired) electrons. The fraction of sp³-hybridized carbons (Fsp3) is 0.364. The van der Waals surface area contributed by atoms with Crippen LogP contribution in [-0.4, -0.2) is 18.4 Å². The first kappa shape index (κ1) is 18.2. The normalized spacial score (nSPS) is 13.4. The van der Waals surface area contributed by atoms with E-state index in [1.54, 1.807) is 11.8 Å². The zero-order chi connectivity index (χ0) is 18.7. The number of rotatable bonds is 5. The minimum absolute atomic E-state index is 0.00123. The van der Waals surface area contributed by atoms with Crippen LogP contribution in [-0.2, 0) is 21.4 Å². The molecule has 1 heterocycles. The van der Waals surface area contributed by atoms with Gasteiger partial charge < -0.3 is 10.2 Å². The van der Waals surface area contributed by atoms with E-state index in [0.29, 0.717) is 13.0 Å². The van der Waals surface area contributed by atoms with Gasteiger partial charge in [-0.25, -0.2) is 0 Å². The fourth-order valence-electron chi connectivity index (χ4n) is 3.47. The van der Waals surface area contributed by atoms with Crippen LogP contribution in [0.3, 0.4) is 0 Å². The van der Waals surface area contributed by atoms with Gasteiger partial charge in [0.1, 0.15) is 0 Å². The zero-order valence-corrected chi connectivity index (χ0v) is 15.7. The van der Waals surface area contributed by atoms with Crippen LogP contribution < -0.4 is 10.2 Å². The molecule has 0 saturated heterocycles. The van der Waals surface area contributed by atoms with Crippen molar-refractivity contribution in [3.63, 3.8) is 0 Å². The Hall–Kier alpha value is -2.62. The Morgan fingerprint density at radius 1 is 1.12 bits per heavy atom. The maximum absolute atomic E-state index is 12.4. The predicted molar refractivity (Wildman–Crippen MR) is 106 cm³/mol. The third-order valence-electron chi connectivity index (χ3n) is 5.18. The summed E-state index contributed by atoms with van der Waals surface area (Å²) in [5, 5.41) is 2.98. The highest BCUT2D eigenvalue weighted by atomic mass is 16.2. The van der Waals surface area contributed by atoms with Crippen molar-refractivity contribution in [3.8, 4) is 0 Å². The average molecular weight is 350 g/mol. The first-order valence-corrected chi connectivity index (χ1v) is 9.13. The molecule has 0 unspecified atom stereocenters.